The number of piperidine rings is 1. The molecule has 3 aromatic rings. The van der Waals surface area contributed by atoms with Crippen molar-refractivity contribution in [2.75, 3.05) is 36.8 Å². The summed E-state index contributed by atoms with van der Waals surface area (Å²) in [7, 11) is 0. The fourth-order valence-electron chi connectivity index (χ4n) is 7.30. The third-order valence-corrected chi connectivity index (χ3v) is 9.43. The number of hydrogen-bond acceptors (Lipinski definition) is 8. The number of rotatable bonds is 6. The second kappa shape index (κ2) is 11.2. The molecule has 2 bridgehead atoms. The molecule has 2 unspecified atom stereocenters. The van der Waals surface area contributed by atoms with Crippen molar-refractivity contribution in [3.8, 4) is 17.0 Å². The van der Waals surface area contributed by atoms with Gasteiger partial charge in [0.1, 0.15) is 12.4 Å². The smallest absolute Gasteiger partial charge is 0.410 e. The van der Waals surface area contributed by atoms with E-state index in [0.717, 1.165) is 63.1 Å². The number of aromatic nitrogens is 2. The van der Waals surface area contributed by atoms with Gasteiger partial charge in [-0.1, -0.05) is 42.5 Å². The van der Waals surface area contributed by atoms with Crippen LogP contribution in [0.3, 0.4) is 0 Å². The van der Waals surface area contributed by atoms with E-state index in [1.54, 1.807) is 12.1 Å². The number of ether oxygens (including phenoxy) is 1. The van der Waals surface area contributed by atoms with Crippen LogP contribution in [0.15, 0.2) is 60.7 Å². The van der Waals surface area contributed by atoms with Crippen molar-refractivity contribution in [2.45, 2.75) is 63.8 Å². The Labute approximate surface area is 241 Å². The molecule has 41 heavy (non-hydrogen) atoms. The van der Waals surface area contributed by atoms with Crippen molar-refractivity contribution in [3.05, 3.63) is 66.2 Å². The predicted octanol–water partition coefficient (Wildman–Crippen LogP) is 4.91. The quantitative estimate of drug-likeness (QED) is 0.441. The zero-order chi connectivity index (χ0) is 28.6. The van der Waals surface area contributed by atoms with Crippen LogP contribution in [0.25, 0.3) is 11.3 Å². The zero-order valence-electron chi connectivity index (χ0n) is 23.9. The molecular weight excluding hydrogens is 516 g/mol. The number of aromatic hydroxyl groups is 1. The lowest BCUT2D eigenvalue weighted by molar-refractivity contribution is -0.0148. The number of hydrogen-bond donors (Lipinski definition) is 2. The Hall–Kier alpha value is -3.85. The maximum atomic E-state index is 12.7. The molecule has 1 amide bonds. The fourth-order valence-corrected chi connectivity index (χ4v) is 7.30. The van der Waals surface area contributed by atoms with Crippen LogP contribution in [0.5, 0.6) is 5.75 Å². The molecule has 6 rings (SSSR count). The molecule has 0 radical (unpaired) electrons. The number of fused-ring (bicyclic) bond motifs is 2. The number of carbonyl (C=O) groups is 1. The van der Waals surface area contributed by atoms with Gasteiger partial charge in [0.2, 0.25) is 0 Å². The number of nitrogens with two attached hydrogens (primary N) is 1. The van der Waals surface area contributed by atoms with Gasteiger partial charge < -0.3 is 25.4 Å². The largest absolute Gasteiger partial charge is 0.507 e. The Morgan fingerprint density at radius 1 is 0.976 bits per heavy atom. The van der Waals surface area contributed by atoms with E-state index in [0.29, 0.717) is 41.7 Å². The maximum Gasteiger partial charge on any atom is 0.410 e. The fraction of sp³-hybridized carbons (Fsp3) is 0.469. The van der Waals surface area contributed by atoms with Crippen LogP contribution in [0.4, 0.5) is 16.3 Å². The topological polar surface area (TPSA) is 108 Å². The van der Waals surface area contributed by atoms with Crippen LogP contribution in [0.2, 0.25) is 0 Å². The monoisotopic (exact) mass is 556 g/mol. The molecular formula is C32H40N6O3. The summed E-state index contributed by atoms with van der Waals surface area (Å²) in [4.78, 5) is 19.7. The number of likely N-dealkylation sites (tertiary alicyclic amines) is 1. The first-order chi connectivity index (χ1) is 19.8. The van der Waals surface area contributed by atoms with E-state index >= 15 is 0 Å². The van der Waals surface area contributed by atoms with Gasteiger partial charge in [0.05, 0.1) is 11.4 Å². The van der Waals surface area contributed by atoms with E-state index in [-0.39, 0.29) is 17.4 Å². The second-order valence-corrected chi connectivity index (χ2v) is 12.2. The molecule has 0 spiro atoms. The Bertz CT molecular complexity index is 1360. The lowest BCUT2D eigenvalue weighted by Gasteiger charge is -2.54. The standard InChI is InChI=1S/C32H40N6O3/c1-32(2,23-14-16-36(17-15-23)31(40)41-21-22-8-4-3-5-9-22)38-24-12-13-25(38)20-37(19-24)28-18-27(34-35-30(28)33)26-10-6-7-11-29(26)39/h3-11,18,23-25,39H,12-17,19-21H2,1-2H3,(H2,33,35). The number of phenols is 1. The van der Waals surface area contributed by atoms with Crippen LogP contribution >= 0.6 is 0 Å². The van der Waals surface area contributed by atoms with Crippen LogP contribution in [-0.2, 0) is 11.3 Å². The molecule has 216 valence electrons. The van der Waals surface area contributed by atoms with E-state index in [1.807, 2.05) is 53.4 Å². The summed E-state index contributed by atoms with van der Waals surface area (Å²) in [6.07, 6.45) is 4.03. The minimum absolute atomic E-state index is 0.0149. The summed E-state index contributed by atoms with van der Waals surface area (Å²) in [6, 6.07) is 19.8. The van der Waals surface area contributed by atoms with Crippen LogP contribution in [-0.4, -0.2) is 75.0 Å². The number of para-hydroxylation sites is 1. The number of anilines is 2. The van der Waals surface area contributed by atoms with Crippen molar-refractivity contribution in [1.82, 2.24) is 20.0 Å². The summed E-state index contributed by atoms with van der Waals surface area (Å²) in [5, 5.41) is 18.9. The number of carbonyl (C=O) groups excluding carboxylic acids is 1. The maximum absolute atomic E-state index is 12.7. The van der Waals surface area contributed by atoms with Crippen molar-refractivity contribution >= 4 is 17.6 Å². The van der Waals surface area contributed by atoms with E-state index in [9.17, 15) is 9.90 Å². The minimum atomic E-state index is -0.217. The highest BCUT2D eigenvalue weighted by Gasteiger charge is 2.50. The SMILES string of the molecule is CC(C)(C1CCN(C(=O)OCc2ccccc2)CC1)N1C2CCC1CN(c1cc(-c3ccccc3O)nnc1N)C2. The number of amides is 1. The first-order valence-electron chi connectivity index (χ1n) is 14.7. The number of piperazine rings is 1. The van der Waals surface area contributed by atoms with Gasteiger partial charge in [-0.25, -0.2) is 4.79 Å². The summed E-state index contributed by atoms with van der Waals surface area (Å²) in [6.45, 7) is 8.30. The minimum Gasteiger partial charge on any atom is -0.507 e. The average molecular weight is 557 g/mol. The van der Waals surface area contributed by atoms with E-state index in [1.165, 1.54) is 0 Å². The van der Waals surface area contributed by atoms with E-state index in [4.69, 9.17) is 10.5 Å². The number of benzene rings is 2. The average Bonchev–Trinajstić information content (AvgIpc) is 3.28. The van der Waals surface area contributed by atoms with Crippen LogP contribution in [0, 0.1) is 5.92 Å². The highest BCUT2D eigenvalue weighted by atomic mass is 16.6. The number of phenolic OH excluding ortho intramolecular Hbond substituents is 1. The molecule has 1 aromatic heterocycles. The third kappa shape index (κ3) is 5.43. The molecule has 2 aromatic carbocycles. The molecule has 3 fully saturated rings. The molecule has 9 nitrogen and oxygen atoms in total. The van der Waals surface area contributed by atoms with Crippen molar-refractivity contribution in [2.24, 2.45) is 5.92 Å². The Balaban J connectivity index is 1.09. The van der Waals surface area contributed by atoms with Gasteiger partial charge in [0, 0.05) is 49.4 Å². The first kappa shape index (κ1) is 27.3. The number of nitrogen functional groups attached to an aromatic ring is 1. The lowest BCUT2D eigenvalue weighted by atomic mass is 9.78. The Morgan fingerprint density at radius 3 is 2.32 bits per heavy atom. The molecule has 4 heterocycles. The third-order valence-electron chi connectivity index (χ3n) is 9.43. The second-order valence-electron chi connectivity index (χ2n) is 12.2. The summed E-state index contributed by atoms with van der Waals surface area (Å²) < 4.78 is 5.59. The predicted molar refractivity (Wildman–Crippen MR) is 159 cm³/mol. The summed E-state index contributed by atoms with van der Waals surface area (Å²) in [5.41, 5.74) is 9.52. The van der Waals surface area contributed by atoms with Crippen LogP contribution in [0.1, 0.15) is 45.1 Å². The van der Waals surface area contributed by atoms with Gasteiger partial charge in [-0.3, -0.25) is 4.90 Å². The molecule has 3 aliphatic rings. The van der Waals surface area contributed by atoms with Crippen molar-refractivity contribution in [1.29, 1.82) is 0 Å². The first-order valence-corrected chi connectivity index (χ1v) is 14.7. The van der Waals surface area contributed by atoms with Crippen LogP contribution < -0.4 is 10.6 Å². The molecule has 3 saturated heterocycles. The van der Waals surface area contributed by atoms with Gasteiger partial charge in [-0.15, -0.1) is 10.2 Å². The van der Waals surface area contributed by atoms with Gasteiger partial charge in [-0.2, -0.15) is 0 Å². The highest BCUT2D eigenvalue weighted by Crippen LogP contribution is 2.44. The molecule has 3 N–H and O–H groups in total. The molecule has 0 saturated carbocycles. The zero-order valence-corrected chi connectivity index (χ0v) is 23.9. The van der Waals surface area contributed by atoms with E-state index in [2.05, 4.69) is 33.8 Å². The van der Waals surface area contributed by atoms with Gasteiger partial charge in [-0.05, 0) is 69.2 Å². The summed E-state index contributed by atoms with van der Waals surface area (Å²) in [5.74, 6) is 1.10. The van der Waals surface area contributed by atoms with Gasteiger partial charge in [0.25, 0.3) is 0 Å². The van der Waals surface area contributed by atoms with E-state index < -0.39 is 0 Å². The molecule has 0 aliphatic carbocycles. The van der Waals surface area contributed by atoms with Gasteiger partial charge >= 0.3 is 6.09 Å². The lowest BCUT2D eigenvalue weighted by Crippen LogP contribution is -2.64. The molecule has 2 atom stereocenters. The number of nitrogens with zero attached hydrogens (tertiary/aromatic N) is 5. The Kier molecular flexibility index (Phi) is 7.46. The summed E-state index contributed by atoms with van der Waals surface area (Å²) >= 11 is 0. The Morgan fingerprint density at radius 2 is 1.63 bits per heavy atom. The normalized spacial score (nSPS) is 21.7. The molecule has 3 aliphatic heterocycles. The van der Waals surface area contributed by atoms with Gasteiger partial charge in [0.15, 0.2) is 5.82 Å². The van der Waals surface area contributed by atoms with Crippen molar-refractivity contribution < 1.29 is 14.6 Å². The van der Waals surface area contributed by atoms with Crippen molar-refractivity contribution in [3.63, 3.8) is 0 Å². The molecule has 9 heteroatoms. The highest BCUT2D eigenvalue weighted by molar-refractivity contribution is 5.74.